The quantitative estimate of drug-likeness (QED) is 0.778. The Hall–Kier alpha value is -2.05. The first-order chi connectivity index (χ1) is 8.08. The second kappa shape index (κ2) is 4.44. The Balaban J connectivity index is 2.18. The second-order valence-electron chi connectivity index (χ2n) is 3.39. The summed E-state index contributed by atoms with van der Waals surface area (Å²) in [5.41, 5.74) is 5.86. The number of nitrogen functional groups attached to an aromatic ring is 1. The van der Waals surface area contributed by atoms with Gasteiger partial charge in [-0.1, -0.05) is 0 Å². The molecule has 3 N–H and O–H groups in total. The molecule has 0 unspecified atom stereocenters. The van der Waals surface area contributed by atoms with Crippen molar-refractivity contribution in [2.75, 3.05) is 19.1 Å². The van der Waals surface area contributed by atoms with E-state index in [-0.39, 0.29) is 18.0 Å². The summed E-state index contributed by atoms with van der Waals surface area (Å²) in [4.78, 5) is 11.5. The van der Waals surface area contributed by atoms with E-state index >= 15 is 0 Å². The van der Waals surface area contributed by atoms with Crippen LogP contribution in [0.25, 0.3) is 0 Å². The number of carbonyl (C=O) groups is 1. The van der Waals surface area contributed by atoms with Gasteiger partial charge in [0.05, 0.1) is 12.1 Å². The number of fused-ring (bicyclic) bond motifs is 1. The molecular formula is C10H10F2N2O3. The van der Waals surface area contributed by atoms with Gasteiger partial charge in [-0.2, -0.15) is 0 Å². The lowest BCUT2D eigenvalue weighted by atomic mass is 10.1. The van der Waals surface area contributed by atoms with Crippen LogP contribution in [0.1, 0.15) is 10.4 Å². The van der Waals surface area contributed by atoms with E-state index in [9.17, 15) is 13.6 Å². The van der Waals surface area contributed by atoms with Gasteiger partial charge in [-0.15, -0.1) is 0 Å². The van der Waals surface area contributed by atoms with Crippen molar-refractivity contribution in [3.63, 3.8) is 0 Å². The van der Waals surface area contributed by atoms with Gasteiger partial charge in [-0.25, -0.2) is 8.78 Å². The molecule has 1 aromatic rings. The molecule has 1 aliphatic heterocycles. The molecule has 17 heavy (non-hydrogen) atoms. The molecule has 0 spiro atoms. The number of nitrogens with one attached hydrogen (secondary N) is 1. The molecule has 2 rings (SSSR count). The topological polar surface area (TPSA) is 73.6 Å². The van der Waals surface area contributed by atoms with Crippen molar-refractivity contribution >= 4 is 11.6 Å². The summed E-state index contributed by atoms with van der Waals surface area (Å²) in [6.07, 6.45) is -2.60. The molecule has 0 aliphatic carbocycles. The Morgan fingerprint density at radius 2 is 2.06 bits per heavy atom. The predicted molar refractivity (Wildman–Crippen MR) is 55.3 cm³/mol. The fraction of sp³-hybridized carbons (Fsp3) is 0.300. The van der Waals surface area contributed by atoms with Gasteiger partial charge in [0.2, 0.25) is 6.79 Å². The van der Waals surface area contributed by atoms with E-state index in [0.717, 1.165) is 0 Å². The van der Waals surface area contributed by atoms with Gasteiger partial charge in [0.1, 0.15) is 0 Å². The number of carbonyl (C=O) groups excluding carboxylic acids is 1. The fourth-order valence-corrected chi connectivity index (χ4v) is 1.42. The van der Waals surface area contributed by atoms with E-state index in [1.807, 2.05) is 0 Å². The number of alkyl halides is 2. The molecule has 1 aromatic carbocycles. The number of amides is 1. The summed E-state index contributed by atoms with van der Waals surface area (Å²) in [5, 5.41) is 2.07. The van der Waals surface area contributed by atoms with Gasteiger partial charge in [0.25, 0.3) is 12.3 Å². The zero-order valence-electron chi connectivity index (χ0n) is 8.70. The lowest BCUT2D eigenvalue weighted by Crippen LogP contribution is -2.29. The summed E-state index contributed by atoms with van der Waals surface area (Å²) >= 11 is 0. The van der Waals surface area contributed by atoms with Crippen LogP contribution < -0.4 is 20.5 Å². The number of ether oxygens (including phenoxy) is 2. The van der Waals surface area contributed by atoms with Crippen molar-refractivity contribution in [2.45, 2.75) is 6.43 Å². The Morgan fingerprint density at radius 1 is 1.41 bits per heavy atom. The molecule has 1 heterocycles. The smallest absolute Gasteiger partial charge is 0.255 e. The lowest BCUT2D eigenvalue weighted by Gasteiger charge is -2.08. The summed E-state index contributed by atoms with van der Waals surface area (Å²) in [7, 11) is 0. The van der Waals surface area contributed by atoms with Crippen LogP contribution in [0, 0.1) is 0 Å². The maximum absolute atomic E-state index is 11.9. The average Bonchev–Trinajstić information content (AvgIpc) is 2.71. The first kappa shape index (κ1) is 11.4. The van der Waals surface area contributed by atoms with Crippen molar-refractivity contribution in [1.82, 2.24) is 5.32 Å². The number of halogens is 2. The standard InChI is InChI=1S/C10H10F2N2O3/c11-9(12)3-14-10(15)5-1-7-8(2-6(5)13)17-4-16-7/h1-2,9H,3-4,13H2,(H,14,15). The third kappa shape index (κ3) is 2.38. The minimum Gasteiger partial charge on any atom is -0.454 e. The van der Waals surface area contributed by atoms with Gasteiger partial charge >= 0.3 is 0 Å². The van der Waals surface area contributed by atoms with E-state index in [4.69, 9.17) is 15.2 Å². The number of benzene rings is 1. The first-order valence-corrected chi connectivity index (χ1v) is 4.83. The fourth-order valence-electron chi connectivity index (χ4n) is 1.42. The third-order valence-electron chi connectivity index (χ3n) is 2.21. The molecule has 0 bridgehead atoms. The minimum atomic E-state index is -2.60. The molecule has 1 aliphatic rings. The summed E-state index contributed by atoms with van der Waals surface area (Å²) < 4.78 is 34.0. The summed E-state index contributed by atoms with van der Waals surface area (Å²) in [5.74, 6) is 0.149. The van der Waals surface area contributed by atoms with Gasteiger partial charge in [0.15, 0.2) is 11.5 Å². The summed E-state index contributed by atoms with van der Waals surface area (Å²) in [6, 6.07) is 2.80. The molecule has 0 fully saturated rings. The van der Waals surface area contributed by atoms with Crippen molar-refractivity contribution in [3.8, 4) is 11.5 Å². The van der Waals surface area contributed by atoms with Crippen molar-refractivity contribution in [1.29, 1.82) is 0 Å². The Bertz CT molecular complexity index is 451. The number of hydrogen-bond acceptors (Lipinski definition) is 4. The van der Waals surface area contributed by atoms with Crippen LogP contribution in [-0.2, 0) is 0 Å². The molecule has 5 nitrogen and oxygen atoms in total. The van der Waals surface area contributed by atoms with Crippen molar-refractivity contribution in [3.05, 3.63) is 17.7 Å². The van der Waals surface area contributed by atoms with E-state index < -0.39 is 18.9 Å². The first-order valence-electron chi connectivity index (χ1n) is 4.83. The van der Waals surface area contributed by atoms with Crippen LogP contribution in [0.4, 0.5) is 14.5 Å². The Kier molecular flexibility index (Phi) is 2.99. The largest absolute Gasteiger partial charge is 0.454 e. The molecule has 92 valence electrons. The van der Waals surface area contributed by atoms with Crippen LogP contribution in [0.15, 0.2) is 12.1 Å². The highest BCUT2D eigenvalue weighted by molar-refractivity contribution is 6.00. The Labute approximate surface area is 95.5 Å². The van der Waals surface area contributed by atoms with Crippen LogP contribution in [0.3, 0.4) is 0 Å². The third-order valence-corrected chi connectivity index (χ3v) is 2.21. The molecule has 0 atom stereocenters. The molecule has 0 saturated heterocycles. The van der Waals surface area contributed by atoms with Crippen molar-refractivity contribution < 1.29 is 23.0 Å². The van der Waals surface area contributed by atoms with Gasteiger partial charge in [0, 0.05) is 11.8 Å². The van der Waals surface area contributed by atoms with Gasteiger partial charge in [-0.3, -0.25) is 4.79 Å². The van der Waals surface area contributed by atoms with Gasteiger partial charge < -0.3 is 20.5 Å². The van der Waals surface area contributed by atoms with E-state index in [1.165, 1.54) is 12.1 Å². The minimum absolute atomic E-state index is 0.0525. The SMILES string of the molecule is Nc1cc2c(cc1C(=O)NCC(F)F)OCO2. The zero-order valence-corrected chi connectivity index (χ0v) is 8.70. The van der Waals surface area contributed by atoms with E-state index in [1.54, 1.807) is 0 Å². The number of rotatable bonds is 3. The molecule has 0 aromatic heterocycles. The highest BCUT2D eigenvalue weighted by Gasteiger charge is 2.20. The highest BCUT2D eigenvalue weighted by Crippen LogP contribution is 2.35. The Morgan fingerprint density at radius 3 is 2.71 bits per heavy atom. The average molecular weight is 244 g/mol. The molecule has 7 heteroatoms. The number of anilines is 1. The lowest BCUT2D eigenvalue weighted by molar-refractivity contribution is 0.0892. The maximum atomic E-state index is 11.9. The molecular weight excluding hydrogens is 234 g/mol. The second-order valence-corrected chi connectivity index (χ2v) is 3.39. The maximum Gasteiger partial charge on any atom is 0.255 e. The predicted octanol–water partition coefficient (Wildman–Crippen LogP) is 0.992. The highest BCUT2D eigenvalue weighted by atomic mass is 19.3. The van der Waals surface area contributed by atoms with E-state index in [2.05, 4.69) is 5.32 Å². The number of nitrogens with two attached hydrogens (primary N) is 1. The monoisotopic (exact) mass is 244 g/mol. The molecule has 0 radical (unpaired) electrons. The van der Waals surface area contributed by atoms with E-state index in [0.29, 0.717) is 11.5 Å². The summed E-state index contributed by atoms with van der Waals surface area (Å²) in [6.45, 7) is -0.663. The normalized spacial score (nSPS) is 12.9. The molecule has 0 saturated carbocycles. The van der Waals surface area contributed by atoms with Crippen molar-refractivity contribution in [2.24, 2.45) is 0 Å². The molecule has 1 amide bonds. The van der Waals surface area contributed by atoms with Crippen LogP contribution in [-0.4, -0.2) is 25.7 Å². The van der Waals surface area contributed by atoms with Crippen LogP contribution >= 0.6 is 0 Å². The zero-order chi connectivity index (χ0) is 12.4. The van der Waals surface area contributed by atoms with Crippen LogP contribution in [0.2, 0.25) is 0 Å². The van der Waals surface area contributed by atoms with Crippen LogP contribution in [0.5, 0.6) is 11.5 Å². The van der Waals surface area contributed by atoms with Gasteiger partial charge in [-0.05, 0) is 6.07 Å². The number of hydrogen-bond donors (Lipinski definition) is 2.